The second-order valence-corrected chi connectivity index (χ2v) is 7.14. The molecule has 2 rings (SSSR count). The lowest BCUT2D eigenvalue weighted by atomic mass is 10.1. The highest BCUT2D eigenvalue weighted by Crippen LogP contribution is 2.27. The minimum absolute atomic E-state index is 0.0278. The van der Waals surface area contributed by atoms with Crippen LogP contribution >= 0.6 is 0 Å². The number of esters is 1. The Morgan fingerprint density at radius 2 is 1.90 bits per heavy atom. The minimum atomic E-state index is -3.32. The number of methoxy groups -OCH3 is 1. The summed E-state index contributed by atoms with van der Waals surface area (Å²) < 4.78 is 29.3. The largest absolute Gasteiger partial charge is 0.469 e. The van der Waals surface area contributed by atoms with E-state index in [1.807, 2.05) is 6.92 Å². The van der Waals surface area contributed by atoms with E-state index in [9.17, 15) is 13.2 Å². The molecule has 0 fully saturated rings. The molecule has 0 amide bonds. The molecular weight excluding hydrogens is 276 g/mol. The highest BCUT2D eigenvalue weighted by atomic mass is 32.2. The summed E-state index contributed by atoms with van der Waals surface area (Å²) in [7, 11) is -1.98. The molecule has 108 valence electrons. The van der Waals surface area contributed by atoms with Gasteiger partial charge in [0, 0.05) is 0 Å². The Labute approximate surface area is 119 Å². The molecule has 20 heavy (non-hydrogen) atoms. The third-order valence-electron chi connectivity index (χ3n) is 3.49. The Balaban J connectivity index is 2.06. The maximum atomic E-state index is 12.3. The SMILES string of the molecule is COC(=O)[C@H]1C=C[C@@H](CS(=O)(=O)c2ccc(C)cc2)C1. The quantitative estimate of drug-likeness (QED) is 0.630. The van der Waals surface area contributed by atoms with Crippen LogP contribution in [-0.4, -0.2) is 27.2 Å². The number of rotatable bonds is 4. The molecule has 1 aromatic carbocycles. The number of hydrogen-bond acceptors (Lipinski definition) is 4. The van der Waals surface area contributed by atoms with Gasteiger partial charge in [0.25, 0.3) is 0 Å². The van der Waals surface area contributed by atoms with E-state index < -0.39 is 9.84 Å². The van der Waals surface area contributed by atoms with Gasteiger partial charge in [0.2, 0.25) is 0 Å². The van der Waals surface area contributed by atoms with Gasteiger partial charge in [-0.05, 0) is 31.4 Å². The topological polar surface area (TPSA) is 60.4 Å². The first kappa shape index (κ1) is 14.8. The average Bonchev–Trinajstić information content (AvgIpc) is 2.86. The maximum absolute atomic E-state index is 12.3. The molecule has 0 bridgehead atoms. The predicted octanol–water partition coefficient (Wildman–Crippen LogP) is 2.13. The first-order chi connectivity index (χ1) is 9.42. The van der Waals surface area contributed by atoms with Crippen molar-refractivity contribution in [3.8, 4) is 0 Å². The third-order valence-corrected chi connectivity index (χ3v) is 5.35. The Kier molecular flexibility index (Phi) is 4.28. The van der Waals surface area contributed by atoms with Gasteiger partial charge in [0.1, 0.15) is 0 Å². The zero-order chi connectivity index (χ0) is 14.8. The van der Waals surface area contributed by atoms with Crippen molar-refractivity contribution in [3.05, 3.63) is 42.0 Å². The van der Waals surface area contributed by atoms with Crippen LogP contribution in [0.15, 0.2) is 41.3 Å². The molecule has 0 aliphatic heterocycles. The molecule has 0 saturated carbocycles. The summed E-state index contributed by atoms with van der Waals surface area (Å²) in [6, 6.07) is 6.82. The summed E-state index contributed by atoms with van der Waals surface area (Å²) in [4.78, 5) is 11.7. The first-order valence-electron chi connectivity index (χ1n) is 6.48. The lowest BCUT2D eigenvalue weighted by Gasteiger charge is -2.11. The van der Waals surface area contributed by atoms with Crippen LogP contribution in [0.1, 0.15) is 12.0 Å². The monoisotopic (exact) mass is 294 g/mol. The molecule has 0 N–H and O–H groups in total. The maximum Gasteiger partial charge on any atom is 0.312 e. The van der Waals surface area contributed by atoms with E-state index in [4.69, 9.17) is 0 Å². The van der Waals surface area contributed by atoms with Crippen LogP contribution < -0.4 is 0 Å². The van der Waals surface area contributed by atoms with Crippen LogP contribution in [0, 0.1) is 18.8 Å². The van der Waals surface area contributed by atoms with Gasteiger partial charge < -0.3 is 4.74 Å². The van der Waals surface area contributed by atoms with Crippen molar-refractivity contribution in [1.82, 2.24) is 0 Å². The second kappa shape index (κ2) is 5.79. The fraction of sp³-hybridized carbons (Fsp3) is 0.400. The van der Waals surface area contributed by atoms with Crippen molar-refractivity contribution in [2.45, 2.75) is 18.2 Å². The standard InChI is InChI=1S/C15H18O4S/c1-11-3-7-14(8-4-11)20(17,18)10-12-5-6-13(9-12)15(16)19-2/h3-8,12-13H,9-10H2,1-2H3/t12-,13+/m1/s1. The van der Waals surface area contributed by atoms with Crippen molar-refractivity contribution in [3.63, 3.8) is 0 Å². The molecule has 0 radical (unpaired) electrons. The zero-order valence-electron chi connectivity index (χ0n) is 11.6. The Morgan fingerprint density at radius 1 is 1.25 bits per heavy atom. The summed E-state index contributed by atoms with van der Waals surface area (Å²) >= 11 is 0. The van der Waals surface area contributed by atoms with Crippen molar-refractivity contribution >= 4 is 15.8 Å². The number of hydrogen-bond donors (Lipinski definition) is 0. The molecular formula is C15H18O4S. The van der Waals surface area contributed by atoms with Crippen LogP contribution in [0.5, 0.6) is 0 Å². The fourth-order valence-electron chi connectivity index (χ4n) is 2.35. The molecule has 1 aliphatic carbocycles. The molecule has 0 heterocycles. The summed E-state index contributed by atoms with van der Waals surface area (Å²) in [6.07, 6.45) is 4.03. The van der Waals surface area contributed by atoms with Gasteiger partial charge in [-0.2, -0.15) is 0 Å². The Hall–Kier alpha value is -1.62. The summed E-state index contributed by atoms with van der Waals surface area (Å²) in [5.74, 6) is -0.736. The average molecular weight is 294 g/mol. The molecule has 0 saturated heterocycles. The van der Waals surface area contributed by atoms with Gasteiger partial charge in [-0.15, -0.1) is 0 Å². The number of sulfone groups is 1. The molecule has 0 spiro atoms. The number of allylic oxidation sites excluding steroid dienone is 1. The predicted molar refractivity (Wildman–Crippen MR) is 76.0 cm³/mol. The van der Waals surface area contributed by atoms with Crippen molar-refractivity contribution in [2.24, 2.45) is 11.8 Å². The van der Waals surface area contributed by atoms with Crippen molar-refractivity contribution < 1.29 is 17.9 Å². The number of carbonyl (C=O) groups is 1. The number of ether oxygens (including phenoxy) is 1. The van der Waals surface area contributed by atoms with E-state index in [1.165, 1.54) is 7.11 Å². The second-order valence-electron chi connectivity index (χ2n) is 5.10. The smallest absolute Gasteiger partial charge is 0.312 e. The van der Waals surface area contributed by atoms with Crippen LogP contribution in [0.25, 0.3) is 0 Å². The minimum Gasteiger partial charge on any atom is -0.469 e. The third kappa shape index (κ3) is 3.28. The van der Waals surface area contributed by atoms with Gasteiger partial charge in [-0.1, -0.05) is 29.8 Å². The summed E-state index contributed by atoms with van der Waals surface area (Å²) in [6.45, 7) is 1.91. The number of aryl methyl sites for hydroxylation is 1. The van der Waals surface area contributed by atoms with Gasteiger partial charge in [-0.3, -0.25) is 4.79 Å². The first-order valence-corrected chi connectivity index (χ1v) is 8.13. The van der Waals surface area contributed by atoms with E-state index >= 15 is 0 Å². The van der Waals surface area contributed by atoms with Crippen molar-refractivity contribution in [1.29, 1.82) is 0 Å². The van der Waals surface area contributed by atoms with Crippen LogP contribution in [0.3, 0.4) is 0 Å². The molecule has 4 nitrogen and oxygen atoms in total. The lowest BCUT2D eigenvalue weighted by molar-refractivity contribution is -0.143. The van der Waals surface area contributed by atoms with E-state index in [0.717, 1.165) is 5.56 Å². The molecule has 0 unspecified atom stereocenters. The summed E-state index contributed by atoms with van der Waals surface area (Å²) in [5, 5.41) is 0. The highest BCUT2D eigenvalue weighted by molar-refractivity contribution is 7.91. The normalized spacial score (nSPS) is 21.9. The van der Waals surface area contributed by atoms with E-state index in [2.05, 4.69) is 4.74 Å². The van der Waals surface area contributed by atoms with Crippen LogP contribution in [0.4, 0.5) is 0 Å². The number of benzene rings is 1. The fourth-order valence-corrected chi connectivity index (χ4v) is 3.90. The molecule has 1 aromatic rings. The molecule has 5 heteroatoms. The van der Waals surface area contributed by atoms with Gasteiger partial charge >= 0.3 is 5.97 Å². The van der Waals surface area contributed by atoms with Gasteiger partial charge in [0.05, 0.1) is 23.7 Å². The Morgan fingerprint density at radius 3 is 2.50 bits per heavy atom. The van der Waals surface area contributed by atoms with E-state index in [1.54, 1.807) is 36.4 Å². The Bertz CT molecular complexity index is 614. The van der Waals surface area contributed by atoms with Crippen LogP contribution in [0.2, 0.25) is 0 Å². The highest BCUT2D eigenvalue weighted by Gasteiger charge is 2.29. The van der Waals surface area contributed by atoms with Gasteiger partial charge in [0.15, 0.2) is 9.84 Å². The van der Waals surface area contributed by atoms with Gasteiger partial charge in [-0.25, -0.2) is 8.42 Å². The lowest BCUT2D eigenvalue weighted by Crippen LogP contribution is -2.17. The zero-order valence-corrected chi connectivity index (χ0v) is 12.4. The van der Waals surface area contributed by atoms with E-state index in [0.29, 0.717) is 11.3 Å². The molecule has 2 atom stereocenters. The van der Waals surface area contributed by atoms with Crippen molar-refractivity contribution in [2.75, 3.05) is 12.9 Å². The number of carbonyl (C=O) groups excluding carboxylic acids is 1. The molecule has 0 aromatic heterocycles. The summed E-state index contributed by atoms with van der Waals surface area (Å²) in [5.41, 5.74) is 1.02. The van der Waals surface area contributed by atoms with E-state index in [-0.39, 0.29) is 23.6 Å². The van der Waals surface area contributed by atoms with Crippen LogP contribution in [-0.2, 0) is 19.4 Å². The molecule has 1 aliphatic rings.